The monoisotopic (exact) mass is 376 g/mol. The summed E-state index contributed by atoms with van der Waals surface area (Å²) in [7, 11) is 0. The lowest BCUT2D eigenvalue weighted by atomic mass is 10.1. The molecule has 6 nitrogen and oxygen atoms in total. The summed E-state index contributed by atoms with van der Waals surface area (Å²) in [5.74, 6) is -0.184. The average molecular weight is 376 g/mol. The number of hydrogen-bond acceptors (Lipinski definition) is 6. The minimum Gasteiger partial charge on any atom is -0.436 e. The van der Waals surface area contributed by atoms with E-state index in [2.05, 4.69) is 15.3 Å². The SMILES string of the molecule is CCC(=O)c1cc(-c2nccc3c(Nc4ccc(F)cc4)c(N)oc23)ccn1. The molecule has 7 heteroatoms. The summed E-state index contributed by atoms with van der Waals surface area (Å²) in [6, 6.07) is 11.2. The van der Waals surface area contributed by atoms with Crippen LogP contribution in [0.5, 0.6) is 0 Å². The molecule has 0 atom stereocenters. The maximum absolute atomic E-state index is 13.1. The van der Waals surface area contributed by atoms with Crippen molar-refractivity contribution in [2.75, 3.05) is 11.1 Å². The number of carbonyl (C=O) groups is 1. The van der Waals surface area contributed by atoms with Crippen molar-refractivity contribution in [3.63, 3.8) is 0 Å². The summed E-state index contributed by atoms with van der Waals surface area (Å²) in [5, 5.41) is 3.89. The normalized spacial score (nSPS) is 10.9. The number of pyridine rings is 2. The number of nitrogen functional groups attached to an aromatic ring is 1. The smallest absolute Gasteiger partial charge is 0.215 e. The summed E-state index contributed by atoms with van der Waals surface area (Å²) in [6.07, 6.45) is 3.58. The molecule has 0 aliphatic carbocycles. The predicted molar refractivity (Wildman–Crippen MR) is 106 cm³/mol. The zero-order valence-corrected chi connectivity index (χ0v) is 15.1. The summed E-state index contributed by atoms with van der Waals surface area (Å²) in [5.41, 5.74) is 9.46. The first-order valence-corrected chi connectivity index (χ1v) is 8.76. The number of furan rings is 1. The molecule has 0 bridgehead atoms. The summed E-state index contributed by atoms with van der Waals surface area (Å²) >= 11 is 0. The van der Waals surface area contributed by atoms with Gasteiger partial charge in [-0.2, -0.15) is 0 Å². The highest BCUT2D eigenvalue weighted by Gasteiger charge is 2.18. The van der Waals surface area contributed by atoms with Crippen LogP contribution in [0.4, 0.5) is 21.6 Å². The van der Waals surface area contributed by atoms with Crippen LogP contribution in [0.3, 0.4) is 0 Å². The van der Waals surface area contributed by atoms with Crippen LogP contribution >= 0.6 is 0 Å². The summed E-state index contributed by atoms with van der Waals surface area (Å²) < 4.78 is 18.9. The van der Waals surface area contributed by atoms with Gasteiger partial charge in [-0.1, -0.05) is 6.92 Å². The molecule has 3 aromatic heterocycles. The van der Waals surface area contributed by atoms with Crippen molar-refractivity contribution in [2.24, 2.45) is 0 Å². The van der Waals surface area contributed by atoms with E-state index in [9.17, 15) is 9.18 Å². The van der Waals surface area contributed by atoms with Crippen LogP contribution in [0.25, 0.3) is 22.2 Å². The standard InChI is InChI=1S/C21H17FN4O2/c1-2-17(27)16-11-12(7-9-24-16)18-20-15(8-10-25-18)19(21(23)28-20)26-14-5-3-13(22)4-6-14/h3-11,26H,2,23H2,1H3. The third-order valence-corrected chi connectivity index (χ3v) is 4.39. The number of anilines is 3. The number of nitrogens with two attached hydrogens (primary N) is 1. The Morgan fingerprint density at radius 1 is 1.14 bits per heavy atom. The summed E-state index contributed by atoms with van der Waals surface area (Å²) in [4.78, 5) is 20.5. The molecular formula is C21H17FN4O2. The fraction of sp³-hybridized carbons (Fsp3) is 0.0952. The molecule has 0 amide bonds. The molecule has 4 aromatic rings. The lowest BCUT2D eigenvalue weighted by molar-refractivity contribution is 0.0983. The minimum absolute atomic E-state index is 0.0494. The first-order valence-electron chi connectivity index (χ1n) is 8.76. The van der Waals surface area contributed by atoms with Crippen LogP contribution in [0.2, 0.25) is 0 Å². The third kappa shape index (κ3) is 3.18. The van der Waals surface area contributed by atoms with Gasteiger partial charge in [0.25, 0.3) is 0 Å². The molecule has 28 heavy (non-hydrogen) atoms. The maximum Gasteiger partial charge on any atom is 0.215 e. The highest BCUT2D eigenvalue weighted by atomic mass is 19.1. The number of halogens is 1. The minimum atomic E-state index is -0.322. The van der Waals surface area contributed by atoms with Gasteiger partial charge >= 0.3 is 0 Å². The Kier molecular flexibility index (Phi) is 4.49. The molecule has 3 N–H and O–H groups in total. The van der Waals surface area contributed by atoms with Crippen molar-refractivity contribution < 1.29 is 13.6 Å². The number of benzene rings is 1. The van der Waals surface area contributed by atoms with Gasteiger partial charge in [0, 0.05) is 30.1 Å². The second-order valence-electron chi connectivity index (χ2n) is 6.22. The molecule has 1 aromatic carbocycles. The van der Waals surface area contributed by atoms with Crippen LogP contribution < -0.4 is 11.1 Å². The molecule has 140 valence electrons. The van der Waals surface area contributed by atoms with E-state index >= 15 is 0 Å². The van der Waals surface area contributed by atoms with Gasteiger partial charge in [-0.05, 0) is 42.5 Å². The van der Waals surface area contributed by atoms with Crippen molar-refractivity contribution in [3.05, 3.63) is 66.4 Å². The lowest BCUT2D eigenvalue weighted by Crippen LogP contribution is -2.00. The average Bonchev–Trinajstić information content (AvgIpc) is 3.04. The van der Waals surface area contributed by atoms with Gasteiger partial charge in [0.2, 0.25) is 5.88 Å². The number of nitrogens with one attached hydrogen (secondary N) is 1. The Bertz CT molecular complexity index is 1170. The zero-order valence-electron chi connectivity index (χ0n) is 15.1. The molecule has 0 aliphatic rings. The highest BCUT2D eigenvalue weighted by Crippen LogP contribution is 2.39. The Balaban J connectivity index is 1.80. The van der Waals surface area contributed by atoms with Gasteiger partial charge in [-0.3, -0.25) is 14.8 Å². The summed E-state index contributed by atoms with van der Waals surface area (Å²) in [6.45, 7) is 1.79. The molecule has 0 spiro atoms. The van der Waals surface area contributed by atoms with Gasteiger partial charge in [0.05, 0.1) is 5.39 Å². The van der Waals surface area contributed by atoms with Gasteiger partial charge in [-0.25, -0.2) is 4.39 Å². The maximum atomic E-state index is 13.1. The first-order chi connectivity index (χ1) is 13.6. The third-order valence-electron chi connectivity index (χ3n) is 4.39. The van der Waals surface area contributed by atoms with Crippen LogP contribution in [-0.4, -0.2) is 15.8 Å². The Morgan fingerprint density at radius 3 is 2.64 bits per heavy atom. The van der Waals surface area contributed by atoms with Crippen LogP contribution in [-0.2, 0) is 0 Å². The Hall–Kier alpha value is -3.74. The van der Waals surface area contributed by atoms with E-state index in [0.29, 0.717) is 40.3 Å². The molecule has 4 rings (SSSR count). The van der Waals surface area contributed by atoms with Gasteiger partial charge in [0.15, 0.2) is 11.4 Å². The van der Waals surface area contributed by atoms with Gasteiger partial charge in [-0.15, -0.1) is 0 Å². The topological polar surface area (TPSA) is 94.0 Å². The zero-order chi connectivity index (χ0) is 19.7. The second kappa shape index (κ2) is 7.11. The van der Waals surface area contributed by atoms with Crippen molar-refractivity contribution in [1.82, 2.24) is 9.97 Å². The van der Waals surface area contributed by atoms with E-state index in [-0.39, 0.29) is 17.5 Å². The number of nitrogens with zero attached hydrogens (tertiary/aromatic N) is 2. The van der Waals surface area contributed by atoms with Crippen molar-refractivity contribution in [3.8, 4) is 11.3 Å². The van der Waals surface area contributed by atoms with E-state index in [0.717, 1.165) is 5.39 Å². The number of rotatable bonds is 5. The van der Waals surface area contributed by atoms with Crippen molar-refractivity contribution >= 4 is 34.0 Å². The van der Waals surface area contributed by atoms with E-state index in [4.69, 9.17) is 10.2 Å². The Morgan fingerprint density at radius 2 is 1.89 bits per heavy atom. The highest BCUT2D eigenvalue weighted by molar-refractivity contribution is 6.04. The first kappa shape index (κ1) is 17.7. The number of fused-ring (bicyclic) bond motifs is 1. The molecule has 3 heterocycles. The quantitative estimate of drug-likeness (QED) is 0.479. The molecule has 0 saturated carbocycles. The predicted octanol–water partition coefficient (Wildman–Crippen LogP) is 4.95. The molecule has 0 aliphatic heterocycles. The van der Waals surface area contributed by atoms with E-state index in [1.54, 1.807) is 49.6 Å². The molecular weight excluding hydrogens is 359 g/mol. The number of carbonyl (C=O) groups excluding carboxylic acids is 1. The fourth-order valence-corrected chi connectivity index (χ4v) is 2.97. The molecule has 0 saturated heterocycles. The fourth-order valence-electron chi connectivity index (χ4n) is 2.97. The lowest BCUT2D eigenvalue weighted by Gasteiger charge is -2.06. The Labute approximate surface area is 160 Å². The number of hydrogen-bond donors (Lipinski definition) is 2. The van der Waals surface area contributed by atoms with Gasteiger partial charge < -0.3 is 15.5 Å². The number of ketones is 1. The van der Waals surface area contributed by atoms with E-state index in [1.807, 2.05) is 0 Å². The van der Waals surface area contributed by atoms with E-state index < -0.39 is 0 Å². The largest absolute Gasteiger partial charge is 0.436 e. The molecule has 0 radical (unpaired) electrons. The van der Waals surface area contributed by atoms with Gasteiger partial charge in [0.1, 0.15) is 22.9 Å². The second-order valence-corrected chi connectivity index (χ2v) is 6.22. The number of Topliss-reactive ketones (excluding diaryl/α,β-unsaturated/α-hetero) is 1. The molecule has 0 unspecified atom stereocenters. The van der Waals surface area contributed by atoms with Crippen LogP contribution in [0.1, 0.15) is 23.8 Å². The van der Waals surface area contributed by atoms with E-state index in [1.165, 1.54) is 12.1 Å². The number of aromatic nitrogens is 2. The van der Waals surface area contributed by atoms with Crippen molar-refractivity contribution in [1.29, 1.82) is 0 Å². The van der Waals surface area contributed by atoms with Crippen molar-refractivity contribution in [2.45, 2.75) is 13.3 Å². The van der Waals surface area contributed by atoms with Crippen LogP contribution in [0, 0.1) is 5.82 Å². The molecule has 0 fully saturated rings. The van der Waals surface area contributed by atoms with Crippen LogP contribution in [0.15, 0.2) is 59.3 Å².